The van der Waals surface area contributed by atoms with Gasteiger partial charge in [0.1, 0.15) is 0 Å². The van der Waals surface area contributed by atoms with Crippen molar-refractivity contribution in [3.05, 3.63) is 35.4 Å². The molecule has 0 fully saturated rings. The van der Waals surface area contributed by atoms with Gasteiger partial charge in [-0.25, -0.2) is 9.59 Å². The number of carbonyl (C=O) groups excluding carboxylic acids is 2. The topological polar surface area (TPSA) is 52.6 Å². The van der Waals surface area contributed by atoms with Crippen LogP contribution in [0.3, 0.4) is 0 Å². The van der Waals surface area contributed by atoms with Gasteiger partial charge in [0.05, 0.1) is 23.8 Å². The van der Waals surface area contributed by atoms with Crippen LogP contribution in [-0.4, -0.2) is 24.6 Å². The Bertz CT molecular complexity index is 562. The molecule has 1 aromatic rings. The lowest BCUT2D eigenvalue weighted by atomic mass is 10.1. The van der Waals surface area contributed by atoms with Gasteiger partial charge in [-0.15, -0.1) is 0 Å². The first-order valence-electron chi connectivity index (χ1n) is 10.9. The Hall–Kier alpha value is -1.84. The molecule has 4 heteroatoms. The Balaban J connectivity index is 2.33. The number of hydrogen-bond donors (Lipinski definition) is 0. The highest BCUT2D eigenvalue weighted by atomic mass is 16.5. The van der Waals surface area contributed by atoms with Crippen LogP contribution in [-0.2, 0) is 9.47 Å². The van der Waals surface area contributed by atoms with Crippen molar-refractivity contribution in [1.29, 1.82) is 0 Å². The van der Waals surface area contributed by atoms with E-state index >= 15 is 0 Å². The Morgan fingerprint density at radius 3 is 1.96 bits per heavy atom. The zero-order chi connectivity index (χ0) is 20.8. The maximum absolute atomic E-state index is 12.2. The predicted octanol–water partition coefficient (Wildman–Crippen LogP) is 6.58. The molecule has 4 nitrogen and oxygen atoms in total. The summed E-state index contributed by atoms with van der Waals surface area (Å²) in [7, 11) is 0. The summed E-state index contributed by atoms with van der Waals surface area (Å²) >= 11 is 0. The van der Waals surface area contributed by atoms with Crippen LogP contribution in [0.25, 0.3) is 0 Å². The lowest BCUT2D eigenvalue weighted by Gasteiger charge is -2.13. The number of ether oxygens (including phenoxy) is 2. The van der Waals surface area contributed by atoms with Gasteiger partial charge in [-0.2, -0.15) is 0 Å². The monoisotopic (exact) mass is 390 g/mol. The van der Waals surface area contributed by atoms with Crippen molar-refractivity contribution in [2.24, 2.45) is 5.92 Å². The third kappa shape index (κ3) is 10.5. The van der Waals surface area contributed by atoms with Crippen molar-refractivity contribution in [2.45, 2.75) is 91.6 Å². The average molecular weight is 391 g/mol. The van der Waals surface area contributed by atoms with Crippen molar-refractivity contribution < 1.29 is 19.1 Å². The average Bonchev–Trinajstić information content (AvgIpc) is 2.67. The Kier molecular flexibility index (Phi) is 12.3. The van der Waals surface area contributed by atoms with Crippen LogP contribution in [0.1, 0.15) is 106 Å². The minimum Gasteiger partial charge on any atom is -0.462 e. The summed E-state index contributed by atoms with van der Waals surface area (Å²) in [5, 5.41) is 0. The van der Waals surface area contributed by atoms with Gasteiger partial charge in [0.15, 0.2) is 0 Å². The van der Waals surface area contributed by atoms with Crippen molar-refractivity contribution >= 4 is 11.9 Å². The number of benzene rings is 1. The van der Waals surface area contributed by atoms with Gasteiger partial charge in [-0.1, -0.05) is 52.9 Å². The molecule has 0 N–H and O–H groups in total. The Labute approximate surface area is 171 Å². The minimum absolute atomic E-state index is 0.0933. The summed E-state index contributed by atoms with van der Waals surface area (Å²) < 4.78 is 10.8. The normalized spacial score (nSPS) is 12.0. The van der Waals surface area contributed by atoms with E-state index in [1.165, 1.54) is 32.1 Å². The standard InChI is InChI=1S/C24H38O4/c1-5-6-7-8-9-10-13-20(4)28-24(26)22-16-14-21(15-17-22)23(25)27-18-11-12-19(2)3/h14-17,19-20H,5-13,18H2,1-4H3. The first-order chi connectivity index (χ1) is 13.4. The second-order valence-corrected chi connectivity index (χ2v) is 8.02. The highest BCUT2D eigenvalue weighted by Crippen LogP contribution is 2.13. The first kappa shape index (κ1) is 24.2. The molecule has 1 aromatic carbocycles. The molecule has 0 spiro atoms. The van der Waals surface area contributed by atoms with E-state index in [4.69, 9.17) is 9.47 Å². The third-order valence-electron chi connectivity index (χ3n) is 4.79. The second-order valence-electron chi connectivity index (χ2n) is 8.02. The quantitative estimate of drug-likeness (QED) is 0.266. The van der Waals surface area contributed by atoms with E-state index in [-0.39, 0.29) is 18.0 Å². The first-order valence-corrected chi connectivity index (χ1v) is 10.9. The van der Waals surface area contributed by atoms with E-state index in [2.05, 4.69) is 20.8 Å². The molecule has 0 radical (unpaired) electrons. The third-order valence-corrected chi connectivity index (χ3v) is 4.79. The molecule has 0 heterocycles. The maximum Gasteiger partial charge on any atom is 0.338 e. The highest BCUT2D eigenvalue weighted by molar-refractivity contribution is 5.93. The van der Waals surface area contributed by atoms with E-state index in [1.54, 1.807) is 24.3 Å². The number of rotatable bonds is 14. The van der Waals surface area contributed by atoms with Gasteiger partial charge < -0.3 is 9.47 Å². The largest absolute Gasteiger partial charge is 0.462 e. The summed E-state index contributed by atoms with van der Waals surface area (Å²) in [6.07, 6.45) is 10.1. The molecule has 158 valence electrons. The van der Waals surface area contributed by atoms with Crippen LogP contribution in [0.15, 0.2) is 24.3 Å². The van der Waals surface area contributed by atoms with Gasteiger partial charge in [-0.3, -0.25) is 0 Å². The summed E-state index contributed by atoms with van der Waals surface area (Å²) in [5.74, 6) is -0.0807. The zero-order valence-electron chi connectivity index (χ0n) is 18.2. The summed E-state index contributed by atoms with van der Waals surface area (Å²) in [5.41, 5.74) is 0.923. The van der Waals surface area contributed by atoms with Crippen LogP contribution in [0.5, 0.6) is 0 Å². The van der Waals surface area contributed by atoms with Gasteiger partial charge in [0.2, 0.25) is 0 Å². The van der Waals surface area contributed by atoms with Crippen molar-refractivity contribution in [3.8, 4) is 0 Å². The molecule has 0 saturated heterocycles. The lowest BCUT2D eigenvalue weighted by molar-refractivity contribution is 0.0318. The Morgan fingerprint density at radius 1 is 0.786 bits per heavy atom. The fourth-order valence-electron chi connectivity index (χ4n) is 3.00. The molecule has 0 aliphatic heterocycles. The number of hydrogen-bond acceptors (Lipinski definition) is 4. The lowest BCUT2D eigenvalue weighted by Crippen LogP contribution is -2.15. The molecule has 0 aliphatic carbocycles. The number of unbranched alkanes of at least 4 members (excludes halogenated alkanes) is 5. The Morgan fingerprint density at radius 2 is 1.36 bits per heavy atom. The number of esters is 2. The fourth-order valence-corrected chi connectivity index (χ4v) is 3.00. The molecule has 1 unspecified atom stereocenters. The van der Waals surface area contributed by atoms with Crippen molar-refractivity contribution in [2.75, 3.05) is 6.61 Å². The minimum atomic E-state index is -0.347. The number of carbonyl (C=O) groups is 2. The molecule has 0 saturated carbocycles. The maximum atomic E-state index is 12.2. The van der Waals surface area contributed by atoms with Gasteiger partial charge in [0, 0.05) is 0 Å². The molecule has 1 rings (SSSR count). The van der Waals surface area contributed by atoms with Crippen LogP contribution < -0.4 is 0 Å². The van der Waals surface area contributed by atoms with Crippen molar-refractivity contribution in [3.63, 3.8) is 0 Å². The van der Waals surface area contributed by atoms with Crippen LogP contribution >= 0.6 is 0 Å². The molecule has 1 atom stereocenters. The van der Waals surface area contributed by atoms with Crippen molar-refractivity contribution in [1.82, 2.24) is 0 Å². The van der Waals surface area contributed by atoms with E-state index in [0.29, 0.717) is 23.7 Å². The van der Waals surface area contributed by atoms with Gasteiger partial charge in [-0.05, 0) is 62.8 Å². The SMILES string of the molecule is CCCCCCCCC(C)OC(=O)c1ccc(C(=O)OCCCC(C)C)cc1. The van der Waals surface area contributed by atoms with Crippen LogP contribution in [0.2, 0.25) is 0 Å². The molecular weight excluding hydrogens is 352 g/mol. The summed E-state index contributed by atoms with van der Waals surface area (Å²) in [6.45, 7) is 8.87. The zero-order valence-corrected chi connectivity index (χ0v) is 18.2. The van der Waals surface area contributed by atoms with Gasteiger partial charge >= 0.3 is 11.9 Å². The molecule has 0 aliphatic rings. The van der Waals surface area contributed by atoms with E-state index in [1.807, 2.05) is 6.92 Å². The van der Waals surface area contributed by atoms with E-state index in [0.717, 1.165) is 25.7 Å². The van der Waals surface area contributed by atoms with Crippen LogP contribution in [0.4, 0.5) is 0 Å². The molecule has 28 heavy (non-hydrogen) atoms. The highest BCUT2D eigenvalue weighted by Gasteiger charge is 2.14. The molecule has 0 bridgehead atoms. The van der Waals surface area contributed by atoms with E-state index < -0.39 is 0 Å². The molecule has 0 aromatic heterocycles. The summed E-state index contributed by atoms with van der Waals surface area (Å²) in [4.78, 5) is 24.3. The van der Waals surface area contributed by atoms with Crippen LogP contribution in [0, 0.1) is 5.92 Å². The predicted molar refractivity (Wildman–Crippen MR) is 114 cm³/mol. The molecule has 0 amide bonds. The van der Waals surface area contributed by atoms with Gasteiger partial charge in [0.25, 0.3) is 0 Å². The fraction of sp³-hybridized carbons (Fsp3) is 0.667. The summed E-state index contributed by atoms with van der Waals surface area (Å²) in [6, 6.07) is 6.51. The van der Waals surface area contributed by atoms with E-state index in [9.17, 15) is 9.59 Å². The smallest absolute Gasteiger partial charge is 0.338 e. The molecular formula is C24H38O4. The second kappa shape index (κ2) is 14.2.